The average molecular weight is 295 g/mol. The predicted octanol–water partition coefficient (Wildman–Crippen LogP) is 2.55. The summed E-state index contributed by atoms with van der Waals surface area (Å²) in [5.41, 5.74) is 0.805. The molecule has 1 aromatic carbocycles. The molecule has 2 heterocycles. The number of hydrogen-bond donors (Lipinski definition) is 1. The van der Waals surface area contributed by atoms with Gasteiger partial charge in [-0.15, -0.1) is 0 Å². The number of benzene rings is 1. The van der Waals surface area contributed by atoms with Gasteiger partial charge >= 0.3 is 6.61 Å². The zero-order chi connectivity index (χ0) is 15.0. The van der Waals surface area contributed by atoms with Crippen LogP contribution in [-0.4, -0.2) is 18.4 Å². The molecule has 1 fully saturated rings. The van der Waals surface area contributed by atoms with Gasteiger partial charge in [0.05, 0.1) is 17.6 Å². The number of halogens is 2. The summed E-state index contributed by atoms with van der Waals surface area (Å²) in [6.07, 6.45) is 1.85. The summed E-state index contributed by atoms with van der Waals surface area (Å²) in [4.78, 5) is 23.1. The van der Waals surface area contributed by atoms with Crippen LogP contribution in [0.15, 0.2) is 28.9 Å². The van der Waals surface area contributed by atoms with E-state index in [4.69, 9.17) is 4.42 Å². The van der Waals surface area contributed by atoms with Crippen molar-refractivity contribution in [2.24, 2.45) is 0 Å². The lowest BCUT2D eigenvalue weighted by Gasteiger charge is -2.20. The number of carbonyl (C=O) groups excluding carboxylic acids is 2. The minimum absolute atomic E-state index is 0.0454. The maximum absolute atomic E-state index is 12.5. The lowest BCUT2D eigenvalue weighted by Crippen LogP contribution is -2.39. The Balaban J connectivity index is 2.06. The number of imide groups is 1. The summed E-state index contributed by atoms with van der Waals surface area (Å²) in [7, 11) is 0. The number of rotatable bonds is 3. The first-order valence-electron chi connectivity index (χ1n) is 6.35. The van der Waals surface area contributed by atoms with Crippen molar-refractivity contribution < 1.29 is 27.5 Å². The molecule has 1 unspecified atom stereocenters. The molecule has 3 rings (SSSR count). The van der Waals surface area contributed by atoms with Crippen molar-refractivity contribution in [3.8, 4) is 5.75 Å². The van der Waals surface area contributed by atoms with E-state index in [1.54, 1.807) is 6.07 Å². The molecule has 5 nitrogen and oxygen atoms in total. The average Bonchev–Trinajstić information content (AvgIpc) is 2.83. The molecular formula is C14H11F2NO4. The van der Waals surface area contributed by atoms with Crippen molar-refractivity contribution in [3.05, 3.63) is 30.0 Å². The fourth-order valence-corrected chi connectivity index (χ4v) is 2.52. The van der Waals surface area contributed by atoms with E-state index in [2.05, 4.69) is 10.1 Å². The Bertz CT molecular complexity index is 710. The molecule has 1 aliphatic rings. The number of hydrogen-bond acceptors (Lipinski definition) is 4. The van der Waals surface area contributed by atoms with Crippen LogP contribution in [0.3, 0.4) is 0 Å². The first kappa shape index (κ1) is 13.5. The number of amides is 2. The van der Waals surface area contributed by atoms with Gasteiger partial charge in [0.25, 0.3) is 0 Å². The maximum atomic E-state index is 12.5. The maximum Gasteiger partial charge on any atom is 0.387 e. The van der Waals surface area contributed by atoms with Crippen LogP contribution in [0.2, 0.25) is 0 Å². The van der Waals surface area contributed by atoms with Crippen LogP contribution < -0.4 is 10.1 Å². The van der Waals surface area contributed by atoms with E-state index in [1.165, 1.54) is 18.4 Å². The van der Waals surface area contributed by atoms with Crippen LogP contribution >= 0.6 is 0 Å². The number of fused-ring (bicyclic) bond motifs is 1. The summed E-state index contributed by atoms with van der Waals surface area (Å²) in [5.74, 6) is -1.46. The van der Waals surface area contributed by atoms with Crippen LogP contribution in [0.1, 0.15) is 24.3 Å². The molecule has 1 saturated heterocycles. The van der Waals surface area contributed by atoms with Gasteiger partial charge in [0.2, 0.25) is 11.8 Å². The topological polar surface area (TPSA) is 68.5 Å². The molecular weight excluding hydrogens is 284 g/mol. The van der Waals surface area contributed by atoms with E-state index in [0.717, 1.165) is 0 Å². The van der Waals surface area contributed by atoms with Crippen LogP contribution in [0.5, 0.6) is 5.75 Å². The van der Waals surface area contributed by atoms with E-state index in [-0.39, 0.29) is 18.1 Å². The Kier molecular flexibility index (Phi) is 3.32. The highest BCUT2D eigenvalue weighted by Crippen LogP contribution is 2.38. The standard InChI is InChI=1S/C14H11F2NO4/c15-14(16)21-10-3-1-2-9-12(10)8(6-20-9)7-4-5-11(18)17-13(7)19/h1-3,6-7,14H,4-5H2,(H,17,18,19). The van der Waals surface area contributed by atoms with Gasteiger partial charge in [-0.05, 0) is 18.6 Å². The zero-order valence-corrected chi connectivity index (χ0v) is 10.8. The highest BCUT2D eigenvalue weighted by atomic mass is 19.3. The molecule has 0 radical (unpaired) electrons. The lowest BCUT2D eigenvalue weighted by atomic mass is 9.90. The fourth-order valence-electron chi connectivity index (χ4n) is 2.52. The predicted molar refractivity (Wildman–Crippen MR) is 68.0 cm³/mol. The van der Waals surface area contributed by atoms with E-state index in [1.807, 2.05) is 0 Å². The number of nitrogens with one attached hydrogen (secondary N) is 1. The second kappa shape index (κ2) is 5.16. The quantitative estimate of drug-likeness (QED) is 0.884. The number of alkyl halides is 2. The van der Waals surface area contributed by atoms with Gasteiger partial charge in [0.1, 0.15) is 11.3 Å². The van der Waals surface area contributed by atoms with E-state index in [9.17, 15) is 18.4 Å². The molecule has 1 N–H and O–H groups in total. The number of carbonyl (C=O) groups is 2. The third-order valence-electron chi connectivity index (χ3n) is 3.42. The number of ether oxygens (including phenoxy) is 1. The van der Waals surface area contributed by atoms with Crippen molar-refractivity contribution in [1.82, 2.24) is 5.32 Å². The van der Waals surface area contributed by atoms with Crippen molar-refractivity contribution in [2.45, 2.75) is 25.4 Å². The van der Waals surface area contributed by atoms with E-state index < -0.39 is 18.4 Å². The Morgan fingerprint density at radius 1 is 1.33 bits per heavy atom. The molecule has 7 heteroatoms. The normalized spacial score (nSPS) is 19.1. The Morgan fingerprint density at radius 2 is 2.14 bits per heavy atom. The first-order chi connectivity index (χ1) is 10.1. The minimum Gasteiger partial charge on any atom is -0.464 e. The van der Waals surface area contributed by atoms with Crippen LogP contribution in [-0.2, 0) is 9.59 Å². The highest BCUT2D eigenvalue weighted by molar-refractivity contribution is 6.03. The number of furan rings is 1. The van der Waals surface area contributed by atoms with Crippen LogP contribution in [0, 0.1) is 0 Å². The molecule has 2 amide bonds. The largest absolute Gasteiger partial charge is 0.464 e. The highest BCUT2D eigenvalue weighted by Gasteiger charge is 2.31. The van der Waals surface area contributed by atoms with Crippen molar-refractivity contribution in [3.63, 3.8) is 0 Å². The zero-order valence-electron chi connectivity index (χ0n) is 10.8. The van der Waals surface area contributed by atoms with Gasteiger partial charge in [-0.1, -0.05) is 6.07 Å². The smallest absolute Gasteiger partial charge is 0.387 e. The Morgan fingerprint density at radius 3 is 2.86 bits per heavy atom. The van der Waals surface area contributed by atoms with Crippen molar-refractivity contribution in [1.29, 1.82) is 0 Å². The van der Waals surface area contributed by atoms with Gasteiger partial charge in [0.15, 0.2) is 0 Å². The van der Waals surface area contributed by atoms with Crippen LogP contribution in [0.4, 0.5) is 8.78 Å². The van der Waals surface area contributed by atoms with Crippen molar-refractivity contribution in [2.75, 3.05) is 0 Å². The summed E-state index contributed by atoms with van der Waals surface area (Å²) in [6, 6.07) is 4.51. The summed E-state index contributed by atoms with van der Waals surface area (Å²) < 4.78 is 34.8. The molecule has 0 spiro atoms. The molecule has 0 aliphatic carbocycles. The molecule has 21 heavy (non-hydrogen) atoms. The molecule has 1 aliphatic heterocycles. The Hall–Kier alpha value is -2.44. The van der Waals surface area contributed by atoms with Gasteiger partial charge in [0, 0.05) is 12.0 Å². The van der Waals surface area contributed by atoms with E-state index in [0.29, 0.717) is 23.0 Å². The fraction of sp³-hybridized carbons (Fsp3) is 0.286. The summed E-state index contributed by atoms with van der Waals surface area (Å²) >= 11 is 0. The second-order valence-electron chi connectivity index (χ2n) is 4.70. The molecule has 0 saturated carbocycles. The molecule has 110 valence electrons. The first-order valence-corrected chi connectivity index (χ1v) is 6.35. The molecule has 0 bridgehead atoms. The van der Waals surface area contributed by atoms with Crippen molar-refractivity contribution >= 4 is 22.8 Å². The SMILES string of the molecule is O=C1CCC(c2coc3cccc(OC(F)F)c23)C(=O)N1. The van der Waals surface area contributed by atoms with E-state index >= 15 is 0 Å². The third-order valence-corrected chi connectivity index (χ3v) is 3.42. The minimum atomic E-state index is -2.97. The van der Waals surface area contributed by atoms with Gasteiger partial charge in [-0.3, -0.25) is 14.9 Å². The summed E-state index contributed by atoms with van der Waals surface area (Å²) in [5, 5.41) is 2.57. The van der Waals surface area contributed by atoms with Gasteiger partial charge in [-0.2, -0.15) is 8.78 Å². The van der Waals surface area contributed by atoms with Gasteiger partial charge < -0.3 is 9.15 Å². The summed E-state index contributed by atoms with van der Waals surface area (Å²) in [6.45, 7) is -2.97. The lowest BCUT2D eigenvalue weighted by molar-refractivity contribution is -0.134. The second-order valence-corrected chi connectivity index (χ2v) is 4.70. The molecule has 1 atom stereocenters. The number of piperidine rings is 1. The molecule has 1 aromatic heterocycles. The van der Waals surface area contributed by atoms with Crippen LogP contribution in [0.25, 0.3) is 11.0 Å². The van der Waals surface area contributed by atoms with Gasteiger partial charge in [-0.25, -0.2) is 0 Å². The monoisotopic (exact) mass is 295 g/mol. The Labute approximate surface area is 117 Å². The molecule has 2 aromatic rings. The third kappa shape index (κ3) is 2.46.